The van der Waals surface area contributed by atoms with Crippen molar-refractivity contribution in [2.75, 3.05) is 0 Å². The van der Waals surface area contributed by atoms with Crippen LogP contribution in [0.5, 0.6) is 0 Å². The molecule has 48 valence electrons. The summed E-state index contributed by atoms with van der Waals surface area (Å²) in [4.78, 5) is 8.58. The van der Waals surface area contributed by atoms with Crippen LogP contribution in [0.1, 0.15) is 0 Å². The second-order valence-electron chi connectivity index (χ2n) is 1.29. The Balaban J connectivity index is 0.000000187. The molecule has 1 aromatic rings. The van der Waals surface area contributed by atoms with Gasteiger partial charge in [-0.05, 0) is 0 Å². The van der Waals surface area contributed by atoms with Crippen LogP contribution >= 0.6 is 0 Å². The number of benzene rings is 1. The number of hydrogen-bond acceptors (Lipinski definition) is 1. The fraction of sp³-hybridized carbons (Fsp3) is 0. The molecule has 0 aliphatic rings. The third-order valence-corrected chi connectivity index (χ3v) is 0.667. The van der Waals surface area contributed by atoms with Crippen molar-refractivity contribution in [3.05, 3.63) is 36.4 Å². The van der Waals surface area contributed by atoms with Gasteiger partial charge in [0.25, 0.3) is 0 Å². The Hall–Kier alpha value is -1.31. The molecule has 0 unspecified atom stereocenters. The molecule has 0 radical (unpaired) electrons. The van der Waals surface area contributed by atoms with Crippen LogP contribution in [-0.4, -0.2) is 6.41 Å². The zero-order valence-electron chi connectivity index (χ0n) is 5.03. The Bertz CT molecular complexity index is 112. The van der Waals surface area contributed by atoms with E-state index in [0.717, 1.165) is 0 Å². The number of carbonyl (C=O) groups excluding carboxylic acids is 1. The first-order chi connectivity index (χ1) is 4.41. The molecule has 0 aliphatic carbocycles. The van der Waals surface area contributed by atoms with Crippen LogP contribution in [0.25, 0.3) is 0 Å². The lowest BCUT2D eigenvalue weighted by molar-refractivity contribution is -0.106. The van der Waals surface area contributed by atoms with Crippen LogP contribution in [0.3, 0.4) is 0 Å². The quantitative estimate of drug-likeness (QED) is 0.509. The largest absolute Gasteiger partial charge is 0.372 e. The van der Waals surface area contributed by atoms with Gasteiger partial charge in [-0.1, -0.05) is 36.4 Å². The van der Waals surface area contributed by atoms with Gasteiger partial charge in [0, 0.05) is 0 Å². The second-order valence-corrected chi connectivity index (χ2v) is 1.29. The SMILES string of the molecule is NC=O.c1ccccc1. The zero-order valence-corrected chi connectivity index (χ0v) is 5.03. The Morgan fingerprint density at radius 1 is 0.889 bits per heavy atom. The van der Waals surface area contributed by atoms with Gasteiger partial charge >= 0.3 is 0 Å². The number of rotatable bonds is 0. The molecule has 0 saturated heterocycles. The summed E-state index contributed by atoms with van der Waals surface area (Å²) < 4.78 is 0. The molecule has 0 aromatic heterocycles. The van der Waals surface area contributed by atoms with E-state index < -0.39 is 0 Å². The van der Waals surface area contributed by atoms with Crippen molar-refractivity contribution in [1.82, 2.24) is 0 Å². The Labute approximate surface area is 54.3 Å². The van der Waals surface area contributed by atoms with E-state index in [1.807, 2.05) is 36.4 Å². The van der Waals surface area contributed by atoms with E-state index in [-0.39, 0.29) is 6.41 Å². The molecular weight excluding hydrogens is 114 g/mol. The highest BCUT2D eigenvalue weighted by molar-refractivity contribution is 5.42. The molecule has 2 N–H and O–H groups in total. The van der Waals surface area contributed by atoms with Crippen LogP contribution in [0.4, 0.5) is 0 Å². The minimum absolute atomic E-state index is 0.250. The summed E-state index contributed by atoms with van der Waals surface area (Å²) in [5.41, 5.74) is 4.17. The fourth-order valence-electron chi connectivity index (χ4n) is 0.385. The molecule has 1 aromatic carbocycles. The first-order valence-electron chi connectivity index (χ1n) is 2.57. The highest BCUT2D eigenvalue weighted by atomic mass is 16.1. The minimum atomic E-state index is 0.250. The van der Waals surface area contributed by atoms with E-state index in [2.05, 4.69) is 5.73 Å². The van der Waals surface area contributed by atoms with E-state index in [0.29, 0.717) is 0 Å². The van der Waals surface area contributed by atoms with Crippen molar-refractivity contribution in [3.63, 3.8) is 0 Å². The van der Waals surface area contributed by atoms with Gasteiger partial charge in [-0.15, -0.1) is 0 Å². The van der Waals surface area contributed by atoms with Gasteiger partial charge in [0.15, 0.2) is 0 Å². The Kier molecular flexibility index (Phi) is 5.72. The lowest BCUT2D eigenvalue weighted by Gasteiger charge is -1.69. The first-order valence-corrected chi connectivity index (χ1v) is 2.57. The third-order valence-electron chi connectivity index (χ3n) is 0.667. The first kappa shape index (κ1) is 7.69. The number of hydrogen-bond donors (Lipinski definition) is 1. The summed E-state index contributed by atoms with van der Waals surface area (Å²) >= 11 is 0. The number of primary amides is 1. The molecule has 2 heteroatoms. The van der Waals surface area contributed by atoms with E-state index in [4.69, 9.17) is 4.79 Å². The molecule has 0 fully saturated rings. The van der Waals surface area contributed by atoms with Crippen molar-refractivity contribution in [2.45, 2.75) is 0 Å². The van der Waals surface area contributed by atoms with Crippen LogP contribution < -0.4 is 5.73 Å². The molecule has 1 amide bonds. The monoisotopic (exact) mass is 123 g/mol. The summed E-state index contributed by atoms with van der Waals surface area (Å²) in [5.74, 6) is 0. The smallest absolute Gasteiger partial charge is 0.204 e. The van der Waals surface area contributed by atoms with Gasteiger partial charge in [-0.3, -0.25) is 4.79 Å². The molecule has 0 bridgehead atoms. The topological polar surface area (TPSA) is 43.1 Å². The number of amides is 1. The molecule has 0 aliphatic heterocycles. The van der Waals surface area contributed by atoms with Gasteiger partial charge < -0.3 is 5.73 Å². The maximum Gasteiger partial charge on any atom is 0.204 e. The summed E-state index contributed by atoms with van der Waals surface area (Å²) in [7, 11) is 0. The van der Waals surface area contributed by atoms with Crippen LogP contribution in [0.15, 0.2) is 36.4 Å². The maximum absolute atomic E-state index is 8.58. The van der Waals surface area contributed by atoms with Gasteiger partial charge in [0.05, 0.1) is 0 Å². The van der Waals surface area contributed by atoms with Gasteiger partial charge in [0.1, 0.15) is 0 Å². The van der Waals surface area contributed by atoms with E-state index in [9.17, 15) is 0 Å². The predicted octanol–water partition coefficient (Wildman–Crippen LogP) is 0.788. The van der Waals surface area contributed by atoms with Crippen molar-refractivity contribution < 1.29 is 4.79 Å². The normalized spacial score (nSPS) is 6.67. The number of carbonyl (C=O) groups is 1. The maximum atomic E-state index is 8.58. The summed E-state index contributed by atoms with van der Waals surface area (Å²) in [6, 6.07) is 12.0. The summed E-state index contributed by atoms with van der Waals surface area (Å²) in [5, 5.41) is 0. The molecule has 0 saturated carbocycles. The molecule has 2 nitrogen and oxygen atoms in total. The molecular formula is C7H9NO. The molecule has 0 atom stereocenters. The van der Waals surface area contributed by atoms with Gasteiger partial charge in [-0.25, -0.2) is 0 Å². The van der Waals surface area contributed by atoms with E-state index in [1.54, 1.807) is 0 Å². The van der Waals surface area contributed by atoms with Crippen molar-refractivity contribution in [1.29, 1.82) is 0 Å². The van der Waals surface area contributed by atoms with Crippen molar-refractivity contribution in [3.8, 4) is 0 Å². The average molecular weight is 123 g/mol. The minimum Gasteiger partial charge on any atom is -0.372 e. The Morgan fingerprint density at radius 3 is 1.11 bits per heavy atom. The predicted molar refractivity (Wildman–Crippen MR) is 36.7 cm³/mol. The van der Waals surface area contributed by atoms with Crippen molar-refractivity contribution in [2.24, 2.45) is 5.73 Å². The fourth-order valence-corrected chi connectivity index (χ4v) is 0.385. The van der Waals surface area contributed by atoms with E-state index >= 15 is 0 Å². The van der Waals surface area contributed by atoms with Gasteiger partial charge in [0.2, 0.25) is 6.41 Å². The molecule has 0 spiro atoms. The highest BCUT2D eigenvalue weighted by Gasteiger charge is 1.57. The standard InChI is InChI=1S/C6H6.CH3NO/c1-2-4-6-5-3-1;2-1-3/h1-6H;1H,(H2,2,3). The summed E-state index contributed by atoms with van der Waals surface area (Å²) in [6.07, 6.45) is 0.250. The second kappa shape index (κ2) is 6.69. The van der Waals surface area contributed by atoms with Crippen molar-refractivity contribution >= 4 is 6.41 Å². The lowest BCUT2D eigenvalue weighted by Crippen LogP contribution is -1.82. The Morgan fingerprint density at radius 2 is 1.00 bits per heavy atom. The third kappa shape index (κ3) is 6.69. The van der Waals surface area contributed by atoms with Crippen LogP contribution in [0.2, 0.25) is 0 Å². The van der Waals surface area contributed by atoms with Crippen LogP contribution in [-0.2, 0) is 4.79 Å². The van der Waals surface area contributed by atoms with E-state index in [1.165, 1.54) is 0 Å². The van der Waals surface area contributed by atoms with Crippen LogP contribution in [0, 0.1) is 0 Å². The van der Waals surface area contributed by atoms with Gasteiger partial charge in [-0.2, -0.15) is 0 Å². The lowest BCUT2D eigenvalue weighted by atomic mass is 10.4. The summed E-state index contributed by atoms with van der Waals surface area (Å²) in [6.45, 7) is 0. The molecule has 0 heterocycles. The zero-order chi connectivity index (χ0) is 6.95. The molecule has 1 rings (SSSR count). The highest BCUT2D eigenvalue weighted by Crippen LogP contribution is 1.79. The molecule has 9 heavy (non-hydrogen) atoms. The number of nitrogens with two attached hydrogens (primary N) is 1. The average Bonchev–Trinajstić information content (AvgIpc) is 1.93.